The Balaban J connectivity index is 4.62. The monoisotopic (exact) mass is 243 g/mol. The summed E-state index contributed by atoms with van der Waals surface area (Å²) < 4.78 is 0. The highest BCUT2D eigenvalue weighted by Crippen LogP contribution is 2.23. The van der Waals surface area contributed by atoms with E-state index in [-0.39, 0.29) is 11.4 Å². The molecule has 0 aromatic carbocycles. The molecule has 4 nitrogen and oxygen atoms in total. The Hall–Kier alpha value is -0.610. The van der Waals surface area contributed by atoms with Gasteiger partial charge >= 0.3 is 0 Å². The second kappa shape index (κ2) is 8.48. The SMILES string of the molecule is CCCN(CCC(=O)NC)C(CC)(CC)CN. The van der Waals surface area contributed by atoms with Gasteiger partial charge < -0.3 is 11.1 Å². The number of nitrogens with zero attached hydrogens (tertiary/aromatic N) is 1. The van der Waals surface area contributed by atoms with Gasteiger partial charge in [-0.3, -0.25) is 9.69 Å². The molecule has 102 valence electrons. The summed E-state index contributed by atoms with van der Waals surface area (Å²) >= 11 is 0. The first-order chi connectivity index (χ1) is 8.10. The maximum Gasteiger partial charge on any atom is 0.221 e. The van der Waals surface area contributed by atoms with Crippen molar-refractivity contribution in [2.75, 3.05) is 26.7 Å². The Morgan fingerprint density at radius 2 is 1.82 bits per heavy atom. The van der Waals surface area contributed by atoms with Crippen molar-refractivity contribution in [3.63, 3.8) is 0 Å². The lowest BCUT2D eigenvalue weighted by Crippen LogP contribution is -2.54. The van der Waals surface area contributed by atoms with Crippen LogP contribution in [0.4, 0.5) is 0 Å². The summed E-state index contributed by atoms with van der Waals surface area (Å²) in [6.07, 6.45) is 3.72. The Labute approximate surface area is 106 Å². The lowest BCUT2D eigenvalue weighted by molar-refractivity contribution is -0.121. The number of carbonyl (C=O) groups is 1. The zero-order valence-electron chi connectivity index (χ0n) is 11.9. The van der Waals surface area contributed by atoms with Gasteiger partial charge in [0.1, 0.15) is 0 Å². The van der Waals surface area contributed by atoms with E-state index in [1.807, 2.05) is 0 Å². The van der Waals surface area contributed by atoms with Gasteiger partial charge in [-0.05, 0) is 25.8 Å². The van der Waals surface area contributed by atoms with Crippen LogP contribution in [0.1, 0.15) is 46.5 Å². The van der Waals surface area contributed by atoms with Crippen molar-refractivity contribution >= 4 is 5.91 Å². The molecule has 17 heavy (non-hydrogen) atoms. The number of rotatable bonds is 9. The Bertz CT molecular complexity index is 206. The maximum absolute atomic E-state index is 11.3. The zero-order valence-corrected chi connectivity index (χ0v) is 11.9. The molecule has 0 saturated carbocycles. The van der Waals surface area contributed by atoms with Gasteiger partial charge in [-0.15, -0.1) is 0 Å². The highest BCUT2D eigenvalue weighted by Gasteiger charge is 2.31. The van der Waals surface area contributed by atoms with E-state index in [4.69, 9.17) is 5.73 Å². The average Bonchev–Trinajstić information content (AvgIpc) is 2.37. The highest BCUT2D eigenvalue weighted by molar-refractivity contribution is 5.75. The van der Waals surface area contributed by atoms with Crippen LogP contribution in [0.5, 0.6) is 0 Å². The van der Waals surface area contributed by atoms with Gasteiger partial charge in [0.15, 0.2) is 0 Å². The van der Waals surface area contributed by atoms with E-state index in [2.05, 4.69) is 31.0 Å². The summed E-state index contributed by atoms with van der Waals surface area (Å²) in [5.74, 6) is 0.101. The van der Waals surface area contributed by atoms with Gasteiger partial charge in [0.05, 0.1) is 0 Å². The van der Waals surface area contributed by atoms with Gasteiger partial charge in [0.25, 0.3) is 0 Å². The lowest BCUT2D eigenvalue weighted by Gasteiger charge is -2.42. The minimum atomic E-state index is 0.0596. The number of amides is 1. The standard InChI is InChI=1S/C13H29N3O/c1-5-9-16(10-8-12(17)15-4)13(6-2,7-3)11-14/h5-11,14H2,1-4H3,(H,15,17). The smallest absolute Gasteiger partial charge is 0.221 e. The number of hydrogen-bond acceptors (Lipinski definition) is 3. The van der Waals surface area contributed by atoms with Gasteiger partial charge in [0.2, 0.25) is 5.91 Å². The van der Waals surface area contributed by atoms with Crippen LogP contribution in [-0.2, 0) is 4.79 Å². The largest absolute Gasteiger partial charge is 0.359 e. The van der Waals surface area contributed by atoms with Crippen molar-refractivity contribution in [1.29, 1.82) is 0 Å². The first kappa shape index (κ1) is 16.4. The van der Waals surface area contributed by atoms with E-state index in [0.29, 0.717) is 13.0 Å². The summed E-state index contributed by atoms with van der Waals surface area (Å²) in [4.78, 5) is 13.7. The minimum Gasteiger partial charge on any atom is -0.359 e. The first-order valence-corrected chi connectivity index (χ1v) is 6.75. The van der Waals surface area contributed by atoms with Crippen molar-refractivity contribution in [1.82, 2.24) is 10.2 Å². The Morgan fingerprint density at radius 1 is 1.24 bits per heavy atom. The predicted molar refractivity (Wildman–Crippen MR) is 72.9 cm³/mol. The molecule has 0 bridgehead atoms. The van der Waals surface area contributed by atoms with Crippen LogP contribution in [-0.4, -0.2) is 43.0 Å². The first-order valence-electron chi connectivity index (χ1n) is 6.75. The third kappa shape index (κ3) is 4.64. The normalized spacial score (nSPS) is 11.9. The molecule has 0 spiro atoms. The summed E-state index contributed by atoms with van der Waals surface area (Å²) in [6.45, 7) is 8.99. The highest BCUT2D eigenvalue weighted by atomic mass is 16.1. The fraction of sp³-hybridized carbons (Fsp3) is 0.923. The fourth-order valence-electron chi connectivity index (χ4n) is 2.33. The molecule has 0 rings (SSSR count). The van der Waals surface area contributed by atoms with Crippen LogP contribution in [0.3, 0.4) is 0 Å². The van der Waals surface area contributed by atoms with Gasteiger partial charge in [-0.2, -0.15) is 0 Å². The molecule has 1 amide bonds. The Kier molecular flexibility index (Phi) is 8.17. The van der Waals surface area contributed by atoms with E-state index in [1.54, 1.807) is 7.05 Å². The third-order valence-corrected chi connectivity index (χ3v) is 3.75. The number of nitrogens with one attached hydrogen (secondary N) is 1. The van der Waals surface area contributed by atoms with Crippen LogP contribution in [0.15, 0.2) is 0 Å². The van der Waals surface area contributed by atoms with E-state index in [0.717, 1.165) is 32.4 Å². The van der Waals surface area contributed by atoms with Crippen molar-refractivity contribution in [3.8, 4) is 0 Å². The summed E-state index contributed by atoms with van der Waals surface area (Å²) in [6, 6.07) is 0. The fourth-order valence-corrected chi connectivity index (χ4v) is 2.33. The van der Waals surface area contributed by atoms with Crippen molar-refractivity contribution in [2.45, 2.75) is 52.0 Å². The molecule has 0 radical (unpaired) electrons. The van der Waals surface area contributed by atoms with Crippen molar-refractivity contribution in [3.05, 3.63) is 0 Å². The number of carbonyl (C=O) groups excluding carboxylic acids is 1. The molecule has 0 heterocycles. The third-order valence-electron chi connectivity index (χ3n) is 3.75. The van der Waals surface area contributed by atoms with E-state index >= 15 is 0 Å². The zero-order chi connectivity index (χ0) is 13.3. The quantitative estimate of drug-likeness (QED) is 0.643. The van der Waals surface area contributed by atoms with Crippen LogP contribution >= 0.6 is 0 Å². The van der Waals surface area contributed by atoms with Crippen LogP contribution in [0.2, 0.25) is 0 Å². The molecule has 0 aliphatic heterocycles. The second-order valence-corrected chi connectivity index (χ2v) is 4.55. The van der Waals surface area contributed by atoms with Crippen LogP contribution < -0.4 is 11.1 Å². The molecule has 0 fully saturated rings. The predicted octanol–water partition coefficient (Wildman–Crippen LogP) is 1.35. The molecule has 3 N–H and O–H groups in total. The van der Waals surface area contributed by atoms with Crippen molar-refractivity contribution in [2.24, 2.45) is 5.73 Å². The van der Waals surface area contributed by atoms with Crippen molar-refractivity contribution < 1.29 is 4.79 Å². The van der Waals surface area contributed by atoms with Gasteiger partial charge in [-0.1, -0.05) is 20.8 Å². The maximum atomic E-state index is 11.3. The second-order valence-electron chi connectivity index (χ2n) is 4.55. The molecule has 4 heteroatoms. The molecule has 0 aromatic rings. The molecule has 0 aliphatic rings. The molecule has 0 saturated heterocycles. The lowest BCUT2D eigenvalue weighted by atomic mass is 9.90. The minimum absolute atomic E-state index is 0.0596. The number of nitrogens with two attached hydrogens (primary N) is 1. The van der Waals surface area contributed by atoms with E-state index in [9.17, 15) is 4.79 Å². The van der Waals surface area contributed by atoms with Gasteiger partial charge in [-0.25, -0.2) is 0 Å². The summed E-state index contributed by atoms with van der Waals surface area (Å²) in [5, 5.41) is 2.67. The summed E-state index contributed by atoms with van der Waals surface area (Å²) in [5.41, 5.74) is 6.02. The average molecular weight is 243 g/mol. The van der Waals surface area contributed by atoms with Crippen LogP contribution in [0.25, 0.3) is 0 Å². The van der Waals surface area contributed by atoms with E-state index in [1.165, 1.54) is 0 Å². The molecular weight excluding hydrogens is 214 g/mol. The molecular formula is C13H29N3O. The van der Waals surface area contributed by atoms with E-state index < -0.39 is 0 Å². The Morgan fingerprint density at radius 3 is 2.18 bits per heavy atom. The summed E-state index contributed by atoms with van der Waals surface area (Å²) in [7, 11) is 1.68. The van der Waals surface area contributed by atoms with Gasteiger partial charge in [0, 0.05) is 32.1 Å². The molecule has 0 aromatic heterocycles. The van der Waals surface area contributed by atoms with Crippen LogP contribution in [0, 0.1) is 0 Å². The topological polar surface area (TPSA) is 58.4 Å². The molecule has 0 aliphatic carbocycles. The molecule has 0 atom stereocenters. The molecule has 0 unspecified atom stereocenters. The number of hydrogen-bond donors (Lipinski definition) is 2.